The lowest BCUT2D eigenvalue weighted by molar-refractivity contribution is -0.121. The van der Waals surface area contributed by atoms with Crippen molar-refractivity contribution in [2.75, 3.05) is 6.61 Å². The van der Waals surface area contributed by atoms with E-state index in [-0.39, 0.29) is 30.7 Å². The SMILES string of the molecule is O=C(Cc1ccc(O)cc1Cl)NC(CO)Cc1ccccc1. The molecule has 0 saturated carbocycles. The Morgan fingerprint density at radius 1 is 1.18 bits per heavy atom. The summed E-state index contributed by atoms with van der Waals surface area (Å²) in [5, 5.41) is 21.9. The molecule has 0 heterocycles. The standard InChI is InChI=1S/C17H18ClNO3/c18-16-10-15(21)7-6-13(16)9-17(22)19-14(11-20)8-12-4-2-1-3-5-12/h1-7,10,14,20-21H,8-9,11H2,(H,19,22). The fraction of sp³-hybridized carbons (Fsp3) is 0.235. The number of halogens is 1. The summed E-state index contributed by atoms with van der Waals surface area (Å²) in [5.41, 5.74) is 1.68. The van der Waals surface area contributed by atoms with Crippen molar-refractivity contribution >= 4 is 17.5 Å². The largest absolute Gasteiger partial charge is 0.508 e. The number of nitrogens with one attached hydrogen (secondary N) is 1. The fourth-order valence-electron chi connectivity index (χ4n) is 2.19. The molecule has 0 aliphatic carbocycles. The van der Waals surface area contributed by atoms with Crippen molar-refractivity contribution in [3.05, 3.63) is 64.7 Å². The lowest BCUT2D eigenvalue weighted by Gasteiger charge is -2.16. The van der Waals surface area contributed by atoms with Gasteiger partial charge in [0.15, 0.2) is 0 Å². The van der Waals surface area contributed by atoms with E-state index < -0.39 is 0 Å². The normalized spacial score (nSPS) is 11.9. The smallest absolute Gasteiger partial charge is 0.224 e. The van der Waals surface area contributed by atoms with Crippen molar-refractivity contribution in [2.45, 2.75) is 18.9 Å². The van der Waals surface area contributed by atoms with Gasteiger partial charge >= 0.3 is 0 Å². The highest BCUT2D eigenvalue weighted by molar-refractivity contribution is 6.31. The molecule has 5 heteroatoms. The molecule has 3 N–H and O–H groups in total. The maximum atomic E-state index is 12.1. The second-order valence-corrected chi connectivity index (χ2v) is 5.50. The number of hydrogen-bond donors (Lipinski definition) is 3. The van der Waals surface area contributed by atoms with Crippen molar-refractivity contribution in [3.63, 3.8) is 0 Å². The topological polar surface area (TPSA) is 69.6 Å². The van der Waals surface area contributed by atoms with Gasteiger partial charge in [-0.2, -0.15) is 0 Å². The van der Waals surface area contributed by atoms with Crippen molar-refractivity contribution in [2.24, 2.45) is 0 Å². The van der Waals surface area contributed by atoms with Gasteiger partial charge in [0.1, 0.15) is 5.75 Å². The summed E-state index contributed by atoms with van der Waals surface area (Å²) in [6, 6.07) is 13.8. The molecule has 1 unspecified atom stereocenters. The van der Waals surface area contributed by atoms with Crippen LogP contribution in [0.15, 0.2) is 48.5 Å². The van der Waals surface area contributed by atoms with Gasteiger partial charge in [0.25, 0.3) is 0 Å². The third-order valence-electron chi connectivity index (χ3n) is 3.30. The summed E-state index contributed by atoms with van der Waals surface area (Å²) in [5.74, 6) is -0.158. The molecule has 1 amide bonds. The first kappa shape index (κ1) is 16.3. The molecule has 0 fully saturated rings. The van der Waals surface area contributed by atoms with Crippen LogP contribution in [0.2, 0.25) is 5.02 Å². The zero-order chi connectivity index (χ0) is 15.9. The highest BCUT2D eigenvalue weighted by atomic mass is 35.5. The van der Waals surface area contributed by atoms with Crippen molar-refractivity contribution < 1.29 is 15.0 Å². The number of hydrogen-bond acceptors (Lipinski definition) is 3. The zero-order valence-electron chi connectivity index (χ0n) is 12.0. The summed E-state index contributed by atoms with van der Waals surface area (Å²) in [6.45, 7) is -0.135. The fourth-order valence-corrected chi connectivity index (χ4v) is 2.43. The summed E-state index contributed by atoms with van der Waals surface area (Å²) in [7, 11) is 0. The first-order valence-corrected chi connectivity index (χ1v) is 7.38. The number of amides is 1. The summed E-state index contributed by atoms with van der Waals surface area (Å²) in [6.07, 6.45) is 0.663. The third-order valence-corrected chi connectivity index (χ3v) is 3.65. The Morgan fingerprint density at radius 2 is 1.91 bits per heavy atom. The third kappa shape index (κ3) is 4.76. The van der Waals surface area contributed by atoms with Gasteiger partial charge in [0.05, 0.1) is 19.1 Å². The molecule has 2 rings (SSSR count). The van der Waals surface area contributed by atoms with E-state index >= 15 is 0 Å². The van der Waals surface area contributed by atoms with E-state index in [2.05, 4.69) is 5.32 Å². The van der Waals surface area contributed by atoms with Crippen LogP contribution in [0, 0.1) is 0 Å². The van der Waals surface area contributed by atoms with Crippen LogP contribution in [-0.2, 0) is 17.6 Å². The Hall–Kier alpha value is -2.04. The number of rotatable bonds is 6. The predicted octanol–water partition coefficient (Wildman–Crippen LogP) is 2.31. The summed E-state index contributed by atoms with van der Waals surface area (Å²) in [4.78, 5) is 12.1. The van der Waals surface area contributed by atoms with Crippen LogP contribution < -0.4 is 5.32 Å². The molecular formula is C17H18ClNO3. The maximum absolute atomic E-state index is 12.1. The Morgan fingerprint density at radius 3 is 2.55 bits per heavy atom. The molecule has 0 aromatic heterocycles. The highest BCUT2D eigenvalue weighted by Gasteiger charge is 2.14. The van der Waals surface area contributed by atoms with Gasteiger partial charge in [-0.3, -0.25) is 4.79 Å². The molecular weight excluding hydrogens is 302 g/mol. The van der Waals surface area contributed by atoms with Crippen LogP contribution in [0.3, 0.4) is 0 Å². The van der Waals surface area contributed by atoms with Crippen molar-refractivity contribution in [1.82, 2.24) is 5.32 Å². The van der Waals surface area contributed by atoms with E-state index in [1.165, 1.54) is 12.1 Å². The minimum atomic E-state index is -0.342. The van der Waals surface area contributed by atoms with Crippen LogP contribution in [0.1, 0.15) is 11.1 Å². The molecule has 4 nitrogen and oxygen atoms in total. The van der Waals surface area contributed by atoms with E-state index in [1.807, 2.05) is 30.3 Å². The lowest BCUT2D eigenvalue weighted by Crippen LogP contribution is -2.39. The minimum absolute atomic E-state index is 0.0615. The van der Waals surface area contributed by atoms with E-state index in [0.717, 1.165) is 5.56 Å². The monoisotopic (exact) mass is 319 g/mol. The van der Waals surface area contributed by atoms with Gasteiger partial charge < -0.3 is 15.5 Å². The second-order valence-electron chi connectivity index (χ2n) is 5.09. The molecule has 0 bridgehead atoms. The van der Waals surface area contributed by atoms with Crippen LogP contribution in [-0.4, -0.2) is 28.8 Å². The van der Waals surface area contributed by atoms with Gasteiger partial charge in [0.2, 0.25) is 5.91 Å². The van der Waals surface area contributed by atoms with E-state index in [9.17, 15) is 15.0 Å². The Balaban J connectivity index is 1.94. The molecule has 116 valence electrons. The van der Waals surface area contributed by atoms with Crippen molar-refractivity contribution in [3.8, 4) is 5.75 Å². The Labute approximate surface area is 134 Å². The van der Waals surface area contributed by atoms with Gasteiger partial charge in [0, 0.05) is 5.02 Å². The molecule has 0 aliphatic rings. The van der Waals surface area contributed by atoms with Crippen LogP contribution >= 0.6 is 11.6 Å². The molecule has 1 atom stereocenters. The minimum Gasteiger partial charge on any atom is -0.508 e. The number of benzene rings is 2. The summed E-state index contributed by atoms with van der Waals surface area (Å²) >= 11 is 5.98. The lowest BCUT2D eigenvalue weighted by atomic mass is 10.1. The van der Waals surface area contributed by atoms with Crippen LogP contribution in [0.4, 0.5) is 0 Å². The molecule has 0 spiro atoms. The first-order chi connectivity index (χ1) is 10.6. The van der Waals surface area contributed by atoms with Crippen LogP contribution in [0.5, 0.6) is 5.75 Å². The van der Waals surface area contributed by atoms with Gasteiger partial charge in [-0.05, 0) is 29.7 Å². The van der Waals surface area contributed by atoms with Gasteiger partial charge in [-0.15, -0.1) is 0 Å². The quantitative estimate of drug-likeness (QED) is 0.765. The number of aliphatic hydroxyl groups excluding tert-OH is 1. The molecule has 0 aliphatic heterocycles. The average molecular weight is 320 g/mol. The molecule has 2 aromatic rings. The number of aromatic hydroxyl groups is 1. The Bertz CT molecular complexity index is 631. The number of carbonyl (C=O) groups is 1. The molecule has 22 heavy (non-hydrogen) atoms. The van der Waals surface area contributed by atoms with Gasteiger partial charge in [-0.25, -0.2) is 0 Å². The predicted molar refractivity (Wildman–Crippen MR) is 86.0 cm³/mol. The van der Waals surface area contributed by atoms with Crippen molar-refractivity contribution in [1.29, 1.82) is 0 Å². The van der Waals surface area contributed by atoms with Gasteiger partial charge in [-0.1, -0.05) is 48.0 Å². The molecule has 0 saturated heterocycles. The van der Waals surface area contributed by atoms with E-state index in [0.29, 0.717) is 17.0 Å². The van der Waals surface area contributed by atoms with E-state index in [4.69, 9.17) is 11.6 Å². The number of phenols is 1. The molecule has 2 aromatic carbocycles. The second kappa shape index (κ2) is 7.82. The number of carbonyl (C=O) groups excluding carboxylic acids is 1. The van der Waals surface area contributed by atoms with E-state index in [1.54, 1.807) is 6.07 Å². The van der Waals surface area contributed by atoms with Crippen LogP contribution in [0.25, 0.3) is 0 Å². The average Bonchev–Trinajstić information content (AvgIpc) is 2.50. The number of aliphatic hydroxyl groups is 1. The highest BCUT2D eigenvalue weighted by Crippen LogP contribution is 2.21. The first-order valence-electron chi connectivity index (χ1n) is 7.00. The molecule has 0 radical (unpaired) electrons. The Kier molecular flexibility index (Phi) is 5.81. The zero-order valence-corrected chi connectivity index (χ0v) is 12.8. The maximum Gasteiger partial charge on any atom is 0.224 e. The summed E-state index contributed by atoms with van der Waals surface area (Å²) < 4.78 is 0. The number of phenolic OH excluding ortho intramolecular Hbond substituents is 1.